The van der Waals surface area contributed by atoms with Crippen LogP contribution < -0.4 is 4.74 Å². The van der Waals surface area contributed by atoms with Crippen molar-refractivity contribution in [1.82, 2.24) is 30.2 Å². The highest BCUT2D eigenvalue weighted by atomic mass is 16.5. The van der Waals surface area contributed by atoms with E-state index in [2.05, 4.69) is 20.3 Å². The van der Waals surface area contributed by atoms with Gasteiger partial charge in [-0.2, -0.15) is 0 Å². The Labute approximate surface area is 235 Å². The van der Waals surface area contributed by atoms with E-state index in [1.54, 1.807) is 0 Å². The van der Waals surface area contributed by atoms with Crippen LogP contribution >= 0.6 is 0 Å². The number of rotatable bonds is 6. The van der Waals surface area contributed by atoms with Crippen LogP contribution in [0, 0.1) is 23.7 Å². The van der Waals surface area contributed by atoms with Crippen molar-refractivity contribution in [3.63, 3.8) is 0 Å². The van der Waals surface area contributed by atoms with Crippen LogP contribution in [0.3, 0.4) is 0 Å². The fourth-order valence-corrected chi connectivity index (χ4v) is 7.10. The zero-order chi connectivity index (χ0) is 27.1. The number of aromatic amines is 1. The van der Waals surface area contributed by atoms with Crippen LogP contribution in [0.15, 0.2) is 12.1 Å². The molecule has 2 amide bonds. The summed E-state index contributed by atoms with van der Waals surface area (Å²) in [6.07, 6.45) is 8.55. The summed E-state index contributed by atoms with van der Waals surface area (Å²) in [5, 5.41) is 11.0. The highest BCUT2D eigenvalue weighted by molar-refractivity contribution is 5.94. The van der Waals surface area contributed by atoms with E-state index >= 15 is 0 Å². The molecule has 1 saturated carbocycles. The molecular formula is C30H40N6O4. The Hall–Kier alpha value is -3.01. The zero-order valence-corrected chi connectivity index (χ0v) is 23.2. The summed E-state index contributed by atoms with van der Waals surface area (Å²) in [4.78, 5) is 36.0. The van der Waals surface area contributed by atoms with Gasteiger partial charge in [0.25, 0.3) is 5.91 Å². The van der Waals surface area contributed by atoms with Crippen LogP contribution in [0.2, 0.25) is 0 Å². The molecule has 5 heterocycles. The molecule has 3 saturated heterocycles. The van der Waals surface area contributed by atoms with Gasteiger partial charge < -0.3 is 19.3 Å². The lowest BCUT2D eigenvalue weighted by Gasteiger charge is -2.27. The minimum absolute atomic E-state index is 0.00762. The van der Waals surface area contributed by atoms with Gasteiger partial charge in [0.05, 0.1) is 18.0 Å². The van der Waals surface area contributed by atoms with Crippen molar-refractivity contribution in [3.05, 3.63) is 34.8 Å². The molecule has 3 aliphatic heterocycles. The van der Waals surface area contributed by atoms with Crippen molar-refractivity contribution in [2.24, 2.45) is 23.7 Å². The Morgan fingerprint density at radius 3 is 2.50 bits per heavy atom. The molecule has 1 N–H and O–H groups in total. The minimum Gasteiger partial charge on any atom is -0.477 e. The number of likely N-dealkylation sites (tertiary alicyclic amines) is 2. The summed E-state index contributed by atoms with van der Waals surface area (Å²) in [7, 11) is 0. The third-order valence-electron chi connectivity index (χ3n) is 9.82. The molecule has 2 aromatic rings. The van der Waals surface area contributed by atoms with Gasteiger partial charge in [-0.25, -0.2) is 4.98 Å². The van der Waals surface area contributed by atoms with Crippen molar-refractivity contribution in [1.29, 1.82) is 0 Å². The molecule has 40 heavy (non-hydrogen) atoms. The molecule has 2 aliphatic carbocycles. The summed E-state index contributed by atoms with van der Waals surface area (Å²) in [5.74, 6) is 2.77. The number of pyridine rings is 1. The standard InChI is InChI=1S/C30H40N6O4/c37-29(21-3-4-25-27(13-21)33-34-32-25)36-16-22-5-9-35(10-6-23(22)17-36)30(38)24-14-26(20-1-2-20)31-28(15-24)40-18-19-7-11-39-12-8-19/h14-15,19-23H,1-13,16-18H2,(H,32,33,34)/t21?,22-,23+. The third-order valence-corrected chi connectivity index (χ3v) is 9.82. The first kappa shape index (κ1) is 25.9. The van der Waals surface area contributed by atoms with Crippen molar-refractivity contribution in [2.75, 3.05) is 46.0 Å². The number of nitrogens with zero attached hydrogens (tertiary/aromatic N) is 5. The smallest absolute Gasteiger partial charge is 0.254 e. The molecule has 4 fully saturated rings. The molecule has 2 aromatic heterocycles. The van der Waals surface area contributed by atoms with Crippen molar-refractivity contribution < 1.29 is 19.1 Å². The van der Waals surface area contributed by atoms with Gasteiger partial charge in [-0.05, 0) is 75.2 Å². The van der Waals surface area contributed by atoms with Gasteiger partial charge in [-0.15, -0.1) is 5.10 Å². The number of carbonyl (C=O) groups excluding carboxylic acids is 2. The molecule has 0 radical (unpaired) electrons. The van der Waals surface area contributed by atoms with E-state index in [1.807, 2.05) is 17.0 Å². The number of H-pyrrole nitrogens is 1. The Morgan fingerprint density at radius 1 is 0.975 bits per heavy atom. The second-order valence-electron chi connectivity index (χ2n) is 12.6. The van der Waals surface area contributed by atoms with Gasteiger partial charge in [-0.3, -0.25) is 14.7 Å². The summed E-state index contributed by atoms with van der Waals surface area (Å²) >= 11 is 0. The quantitative estimate of drug-likeness (QED) is 0.590. The number of amides is 2. The molecule has 10 heteroatoms. The summed E-state index contributed by atoms with van der Waals surface area (Å²) in [6, 6.07) is 3.85. The average Bonchev–Trinajstić information content (AvgIpc) is 3.66. The van der Waals surface area contributed by atoms with Gasteiger partial charge in [0.15, 0.2) is 0 Å². The van der Waals surface area contributed by atoms with Crippen LogP contribution in [0.1, 0.15) is 78.3 Å². The molecular weight excluding hydrogens is 508 g/mol. The van der Waals surface area contributed by atoms with E-state index in [0.717, 1.165) is 108 Å². The molecule has 1 unspecified atom stereocenters. The summed E-state index contributed by atoms with van der Waals surface area (Å²) < 4.78 is 11.6. The summed E-state index contributed by atoms with van der Waals surface area (Å²) in [6.45, 7) is 5.28. The number of aryl methyl sites for hydroxylation is 1. The van der Waals surface area contributed by atoms with E-state index in [-0.39, 0.29) is 17.7 Å². The Morgan fingerprint density at radius 2 is 1.75 bits per heavy atom. The van der Waals surface area contributed by atoms with Gasteiger partial charge in [-0.1, -0.05) is 5.21 Å². The Kier molecular flexibility index (Phi) is 7.20. The second-order valence-corrected chi connectivity index (χ2v) is 12.6. The van der Waals surface area contributed by atoms with Crippen molar-refractivity contribution in [2.45, 2.75) is 63.7 Å². The van der Waals surface area contributed by atoms with E-state index in [1.165, 1.54) is 0 Å². The topological polar surface area (TPSA) is 114 Å². The SMILES string of the molecule is O=C(c1cc(OCC2CCOCC2)nc(C2CC2)c1)N1CC[C@@H]2CN(C(=O)C3CCc4[nH]nnc4C3)C[C@@H]2CC1. The maximum atomic E-state index is 13.7. The Bertz CT molecular complexity index is 1220. The van der Waals surface area contributed by atoms with Gasteiger partial charge >= 0.3 is 0 Å². The number of hydrogen-bond donors (Lipinski definition) is 1. The number of aromatic nitrogens is 4. The van der Waals surface area contributed by atoms with E-state index in [0.29, 0.717) is 48.1 Å². The fourth-order valence-electron chi connectivity index (χ4n) is 7.10. The third kappa shape index (κ3) is 5.47. The number of hydrogen-bond acceptors (Lipinski definition) is 7. The Balaban J connectivity index is 0.969. The van der Waals surface area contributed by atoms with Crippen LogP contribution in [0.4, 0.5) is 0 Å². The first-order valence-electron chi connectivity index (χ1n) is 15.3. The largest absolute Gasteiger partial charge is 0.477 e. The summed E-state index contributed by atoms with van der Waals surface area (Å²) in [5.41, 5.74) is 3.73. The predicted octanol–water partition coefficient (Wildman–Crippen LogP) is 3.00. The lowest BCUT2D eigenvalue weighted by atomic mass is 9.89. The maximum absolute atomic E-state index is 13.7. The second kappa shape index (κ2) is 11.1. The fraction of sp³-hybridized carbons (Fsp3) is 0.700. The van der Waals surface area contributed by atoms with Gasteiger partial charge in [0.2, 0.25) is 11.8 Å². The monoisotopic (exact) mass is 548 g/mol. The van der Waals surface area contributed by atoms with E-state index < -0.39 is 0 Å². The molecule has 10 nitrogen and oxygen atoms in total. The minimum atomic E-state index is 0.00762. The maximum Gasteiger partial charge on any atom is 0.254 e. The van der Waals surface area contributed by atoms with Crippen molar-refractivity contribution >= 4 is 11.8 Å². The van der Waals surface area contributed by atoms with Crippen LogP contribution in [0.5, 0.6) is 5.88 Å². The number of fused-ring (bicyclic) bond motifs is 2. The molecule has 0 aromatic carbocycles. The molecule has 7 rings (SSSR count). The van der Waals surface area contributed by atoms with Gasteiger partial charge in [0.1, 0.15) is 0 Å². The first-order valence-corrected chi connectivity index (χ1v) is 15.3. The van der Waals surface area contributed by atoms with Crippen molar-refractivity contribution in [3.8, 4) is 5.88 Å². The molecule has 0 bridgehead atoms. The number of carbonyl (C=O) groups is 2. The normalized spacial score (nSPS) is 27.1. The average molecular weight is 549 g/mol. The predicted molar refractivity (Wildman–Crippen MR) is 146 cm³/mol. The van der Waals surface area contributed by atoms with E-state index in [4.69, 9.17) is 14.5 Å². The number of ether oxygens (including phenoxy) is 2. The first-order chi connectivity index (χ1) is 19.6. The number of nitrogens with one attached hydrogen (secondary N) is 1. The molecule has 3 atom stereocenters. The zero-order valence-electron chi connectivity index (χ0n) is 23.2. The van der Waals surface area contributed by atoms with Crippen LogP contribution in [0.25, 0.3) is 0 Å². The lowest BCUT2D eigenvalue weighted by Crippen LogP contribution is -2.38. The highest BCUT2D eigenvalue weighted by Crippen LogP contribution is 2.40. The molecule has 214 valence electrons. The van der Waals surface area contributed by atoms with Crippen LogP contribution in [-0.4, -0.2) is 88.0 Å². The molecule has 5 aliphatic rings. The lowest BCUT2D eigenvalue weighted by molar-refractivity contribution is -0.135. The van der Waals surface area contributed by atoms with E-state index in [9.17, 15) is 9.59 Å². The highest BCUT2D eigenvalue weighted by Gasteiger charge is 2.40. The molecule has 0 spiro atoms. The van der Waals surface area contributed by atoms with Crippen LogP contribution in [-0.2, 0) is 22.4 Å². The van der Waals surface area contributed by atoms with Gasteiger partial charge in [0, 0.05) is 75.0 Å².